The minimum absolute atomic E-state index is 0.266. The van der Waals surface area contributed by atoms with Crippen LogP contribution in [0.1, 0.15) is 47.5 Å². The molecule has 22 heavy (non-hydrogen) atoms. The van der Waals surface area contributed by atoms with E-state index in [1.807, 2.05) is 20.8 Å². The predicted octanol–water partition coefficient (Wildman–Crippen LogP) is 1.76. The first-order valence-corrected chi connectivity index (χ1v) is 8.19. The summed E-state index contributed by atoms with van der Waals surface area (Å²) in [6.07, 6.45) is 1.84. The van der Waals surface area contributed by atoms with E-state index in [1.54, 1.807) is 11.8 Å². The van der Waals surface area contributed by atoms with E-state index in [0.717, 1.165) is 19.4 Å². The lowest BCUT2D eigenvalue weighted by Crippen LogP contribution is -2.44. The Kier molecular flexibility index (Phi) is 7.59. The highest BCUT2D eigenvalue weighted by atomic mass is 16.6. The lowest BCUT2D eigenvalue weighted by Gasteiger charge is -2.28. The van der Waals surface area contributed by atoms with E-state index in [2.05, 4.69) is 12.2 Å². The first kappa shape index (κ1) is 19.2. The molecule has 1 amide bonds. The maximum Gasteiger partial charge on any atom is 0.410 e. The first-order chi connectivity index (χ1) is 10.2. The van der Waals surface area contributed by atoms with Crippen LogP contribution in [-0.4, -0.2) is 66.2 Å². The summed E-state index contributed by atoms with van der Waals surface area (Å²) in [4.78, 5) is 13.7. The highest BCUT2D eigenvalue weighted by Crippen LogP contribution is 2.18. The number of carbonyl (C=O) groups excluding carboxylic acids is 1. The predicted molar refractivity (Wildman–Crippen MR) is 85.9 cm³/mol. The third-order valence-electron chi connectivity index (χ3n) is 3.39. The van der Waals surface area contributed by atoms with Crippen LogP contribution in [0.3, 0.4) is 0 Å². The Balaban J connectivity index is 2.33. The standard InChI is InChI=1S/C16H32N2O4/c1-12(19)11-18(15(20)22-16(3,4)5)9-8-17-10-14-7-6-13(2)21-14/h12-14,17,19H,6-11H2,1-5H3. The molecule has 0 saturated carbocycles. The molecule has 3 unspecified atom stereocenters. The minimum Gasteiger partial charge on any atom is -0.444 e. The van der Waals surface area contributed by atoms with Gasteiger partial charge in [0.25, 0.3) is 0 Å². The highest BCUT2D eigenvalue weighted by molar-refractivity contribution is 5.68. The number of aliphatic hydroxyl groups is 1. The van der Waals surface area contributed by atoms with Gasteiger partial charge >= 0.3 is 6.09 Å². The number of nitrogens with zero attached hydrogens (tertiary/aromatic N) is 1. The number of ether oxygens (including phenoxy) is 2. The zero-order valence-corrected chi connectivity index (χ0v) is 14.6. The van der Waals surface area contributed by atoms with E-state index >= 15 is 0 Å². The van der Waals surface area contributed by atoms with Crippen molar-refractivity contribution in [3.8, 4) is 0 Å². The van der Waals surface area contributed by atoms with Crippen molar-refractivity contribution in [1.82, 2.24) is 10.2 Å². The monoisotopic (exact) mass is 316 g/mol. The van der Waals surface area contributed by atoms with Crippen molar-refractivity contribution >= 4 is 6.09 Å². The molecule has 0 radical (unpaired) electrons. The summed E-state index contributed by atoms with van der Waals surface area (Å²) in [5.41, 5.74) is -0.532. The Labute approximate surface area is 134 Å². The van der Waals surface area contributed by atoms with E-state index in [4.69, 9.17) is 9.47 Å². The topological polar surface area (TPSA) is 71.0 Å². The normalized spacial score (nSPS) is 23.4. The van der Waals surface area contributed by atoms with Gasteiger partial charge in [-0.05, 0) is 47.5 Å². The fraction of sp³-hybridized carbons (Fsp3) is 0.938. The Morgan fingerprint density at radius 1 is 1.45 bits per heavy atom. The molecular weight excluding hydrogens is 284 g/mol. The van der Waals surface area contributed by atoms with E-state index in [-0.39, 0.29) is 18.7 Å². The number of rotatable bonds is 7. The van der Waals surface area contributed by atoms with Gasteiger partial charge < -0.3 is 24.8 Å². The molecule has 130 valence electrons. The molecule has 1 fully saturated rings. The van der Waals surface area contributed by atoms with E-state index in [0.29, 0.717) is 19.2 Å². The van der Waals surface area contributed by atoms with Crippen LogP contribution in [0.5, 0.6) is 0 Å². The van der Waals surface area contributed by atoms with Crippen molar-refractivity contribution in [3.63, 3.8) is 0 Å². The number of amides is 1. The Bertz CT molecular complexity index is 342. The molecule has 3 atom stereocenters. The molecule has 1 rings (SSSR count). The van der Waals surface area contributed by atoms with Crippen molar-refractivity contribution in [3.05, 3.63) is 0 Å². The largest absolute Gasteiger partial charge is 0.444 e. The van der Waals surface area contributed by atoms with Gasteiger partial charge in [-0.2, -0.15) is 0 Å². The molecule has 1 heterocycles. The smallest absolute Gasteiger partial charge is 0.410 e. The molecule has 0 aromatic carbocycles. The van der Waals surface area contributed by atoms with Gasteiger partial charge in [0.05, 0.1) is 18.3 Å². The van der Waals surface area contributed by atoms with Crippen LogP contribution in [0.25, 0.3) is 0 Å². The van der Waals surface area contributed by atoms with Gasteiger partial charge in [-0.25, -0.2) is 4.79 Å². The van der Waals surface area contributed by atoms with Crippen LogP contribution in [0, 0.1) is 0 Å². The SMILES string of the molecule is CC(O)CN(CCNCC1CCC(C)O1)C(=O)OC(C)(C)C. The first-order valence-electron chi connectivity index (χ1n) is 8.19. The molecule has 0 aromatic heterocycles. The highest BCUT2D eigenvalue weighted by Gasteiger charge is 2.24. The average Bonchev–Trinajstić information content (AvgIpc) is 2.76. The van der Waals surface area contributed by atoms with Crippen molar-refractivity contribution in [2.45, 2.75) is 71.4 Å². The van der Waals surface area contributed by atoms with E-state index in [1.165, 1.54) is 0 Å². The summed E-state index contributed by atoms with van der Waals surface area (Å²) >= 11 is 0. The van der Waals surface area contributed by atoms with Crippen molar-refractivity contribution in [2.24, 2.45) is 0 Å². The fourth-order valence-corrected chi connectivity index (χ4v) is 2.41. The Morgan fingerprint density at radius 3 is 2.64 bits per heavy atom. The van der Waals surface area contributed by atoms with Gasteiger partial charge in [-0.3, -0.25) is 0 Å². The Hall–Kier alpha value is -0.850. The summed E-state index contributed by atoms with van der Waals surface area (Å²) in [7, 11) is 0. The number of hydrogen-bond donors (Lipinski definition) is 2. The average molecular weight is 316 g/mol. The molecule has 6 heteroatoms. The van der Waals surface area contributed by atoms with Crippen LogP contribution in [0.2, 0.25) is 0 Å². The van der Waals surface area contributed by atoms with E-state index in [9.17, 15) is 9.90 Å². The van der Waals surface area contributed by atoms with Crippen LogP contribution in [0.15, 0.2) is 0 Å². The summed E-state index contributed by atoms with van der Waals surface area (Å²) in [6, 6.07) is 0. The van der Waals surface area contributed by atoms with Crippen LogP contribution in [-0.2, 0) is 9.47 Å². The molecule has 1 saturated heterocycles. The quantitative estimate of drug-likeness (QED) is 0.700. The lowest BCUT2D eigenvalue weighted by molar-refractivity contribution is 0.0160. The molecule has 0 aromatic rings. The van der Waals surface area contributed by atoms with Gasteiger partial charge in [0.15, 0.2) is 0 Å². The van der Waals surface area contributed by atoms with E-state index < -0.39 is 11.7 Å². The summed E-state index contributed by atoms with van der Waals surface area (Å²) in [5.74, 6) is 0. The molecule has 6 nitrogen and oxygen atoms in total. The maximum absolute atomic E-state index is 12.1. The number of nitrogens with one attached hydrogen (secondary N) is 1. The van der Waals surface area contributed by atoms with Crippen LogP contribution in [0.4, 0.5) is 4.79 Å². The number of carbonyl (C=O) groups is 1. The summed E-state index contributed by atoms with van der Waals surface area (Å²) < 4.78 is 11.1. The number of aliphatic hydroxyl groups excluding tert-OH is 1. The maximum atomic E-state index is 12.1. The zero-order chi connectivity index (χ0) is 16.8. The van der Waals surface area contributed by atoms with Crippen molar-refractivity contribution in [2.75, 3.05) is 26.2 Å². The second kappa shape index (κ2) is 8.70. The molecule has 1 aliphatic heterocycles. The second-order valence-corrected chi connectivity index (χ2v) is 7.13. The van der Waals surface area contributed by atoms with Crippen molar-refractivity contribution in [1.29, 1.82) is 0 Å². The summed E-state index contributed by atoms with van der Waals surface area (Å²) in [6.45, 7) is 11.5. The van der Waals surface area contributed by atoms with Gasteiger partial charge in [0.1, 0.15) is 5.60 Å². The third kappa shape index (κ3) is 7.96. The van der Waals surface area contributed by atoms with Crippen LogP contribution >= 0.6 is 0 Å². The third-order valence-corrected chi connectivity index (χ3v) is 3.39. The van der Waals surface area contributed by atoms with Crippen molar-refractivity contribution < 1.29 is 19.4 Å². The molecule has 0 aliphatic carbocycles. The molecule has 1 aliphatic rings. The zero-order valence-electron chi connectivity index (χ0n) is 14.6. The molecule has 2 N–H and O–H groups in total. The molecule has 0 spiro atoms. The van der Waals surface area contributed by atoms with Gasteiger partial charge in [0.2, 0.25) is 0 Å². The second-order valence-electron chi connectivity index (χ2n) is 7.13. The fourth-order valence-electron chi connectivity index (χ4n) is 2.41. The summed E-state index contributed by atoms with van der Waals surface area (Å²) in [5, 5.41) is 12.9. The Morgan fingerprint density at radius 2 is 2.14 bits per heavy atom. The van der Waals surface area contributed by atoms with Gasteiger partial charge in [0, 0.05) is 26.2 Å². The number of hydrogen-bond acceptors (Lipinski definition) is 5. The molecule has 0 bridgehead atoms. The van der Waals surface area contributed by atoms with Gasteiger partial charge in [-0.15, -0.1) is 0 Å². The van der Waals surface area contributed by atoms with Crippen LogP contribution < -0.4 is 5.32 Å². The minimum atomic E-state index is -0.577. The molecular formula is C16H32N2O4. The lowest BCUT2D eigenvalue weighted by atomic mass is 10.2. The van der Waals surface area contributed by atoms with Gasteiger partial charge in [-0.1, -0.05) is 0 Å².